The van der Waals surface area contributed by atoms with Crippen molar-refractivity contribution in [3.05, 3.63) is 17.7 Å². The summed E-state index contributed by atoms with van der Waals surface area (Å²) in [4.78, 5) is 32.1. The summed E-state index contributed by atoms with van der Waals surface area (Å²) in [5.74, 6) is -0.954. The van der Waals surface area contributed by atoms with Crippen LogP contribution in [0.1, 0.15) is 31.7 Å². The van der Waals surface area contributed by atoms with E-state index in [1.807, 2.05) is 13.8 Å². The number of carboxylic acids is 1. The Morgan fingerprint density at radius 1 is 1.55 bits per heavy atom. The first-order chi connectivity index (χ1) is 9.49. The van der Waals surface area contributed by atoms with E-state index in [1.54, 1.807) is 11.2 Å². The number of nitrogens with one attached hydrogen (secondary N) is 2. The number of nitrogens with zero attached hydrogens (tertiary/aromatic N) is 2. The molecule has 1 aromatic heterocycles. The van der Waals surface area contributed by atoms with Gasteiger partial charge < -0.3 is 15.0 Å². The minimum absolute atomic E-state index is 0.0239. The maximum absolute atomic E-state index is 12.5. The zero-order valence-electron chi connectivity index (χ0n) is 11.7. The zero-order chi connectivity index (χ0) is 14.7. The second-order valence-electron chi connectivity index (χ2n) is 5.23. The van der Waals surface area contributed by atoms with Gasteiger partial charge in [0.25, 0.3) is 0 Å². The van der Waals surface area contributed by atoms with Gasteiger partial charge in [0.2, 0.25) is 5.91 Å². The molecule has 1 atom stereocenters. The minimum Gasteiger partial charge on any atom is -0.481 e. The number of hydrogen-bond acceptors (Lipinski definition) is 4. The lowest BCUT2D eigenvalue weighted by atomic mass is 10.0. The van der Waals surface area contributed by atoms with Gasteiger partial charge in [-0.1, -0.05) is 0 Å². The number of aromatic amines is 1. The molecule has 0 saturated carbocycles. The molecule has 0 spiro atoms. The van der Waals surface area contributed by atoms with Gasteiger partial charge in [0, 0.05) is 25.6 Å². The third-order valence-electron chi connectivity index (χ3n) is 3.50. The molecule has 1 unspecified atom stereocenters. The van der Waals surface area contributed by atoms with Crippen molar-refractivity contribution < 1.29 is 14.7 Å². The average molecular weight is 280 g/mol. The Labute approximate surface area is 117 Å². The van der Waals surface area contributed by atoms with E-state index in [0.29, 0.717) is 13.0 Å². The van der Waals surface area contributed by atoms with E-state index in [0.717, 1.165) is 11.4 Å². The van der Waals surface area contributed by atoms with Crippen LogP contribution in [0.2, 0.25) is 0 Å². The van der Waals surface area contributed by atoms with Gasteiger partial charge in [-0.05, 0) is 13.8 Å². The lowest BCUT2D eigenvalue weighted by Gasteiger charge is -2.32. The number of aromatic nitrogens is 2. The molecule has 3 N–H and O–H groups in total. The first kappa shape index (κ1) is 14.5. The molecule has 1 aromatic rings. The molecule has 1 aliphatic heterocycles. The van der Waals surface area contributed by atoms with Crippen molar-refractivity contribution in [2.75, 3.05) is 6.54 Å². The molecule has 2 heterocycles. The number of imidazole rings is 1. The number of carboxylic acid groups (broad SMARTS) is 1. The topological polar surface area (TPSA) is 98.3 Å². The molecule has 0 aliphatic carbocycles. The molecule has 0 aromatic carbocycles. The lowest BCUT2D eigenvalue weighted by Crippen LogP contribution is -2.52. The van der Waals surface area contributed by atoms with Crippen LogP contribution in [-0.4, -0.2) is 50.5 Å². The van der Waals surface area contributed by atoms with Crippen molar-refractivity contribution in [2.24, 2.45) is 0 Å². The summed E-state index contributed by atoms with van der Waals surface area (Å²) in [7, 11) is 0. The smallest absolute Gasteiger partial charge is 0.305 e. The number of aliphatic carboxylic acids is 1. The Hall–Kier alpha value is -1.89. The van der Waals surface area contributed by atoms with Gasteiger partial charge >= 0.3 is 5.97 Å². The van der Waals surface area contributed by atoms with Gasteiger partial charge in [-0.25, -0.2) is 4.98 Å². The molecule has 7 nitrogen and oxygen atoms in total. The van der Waals surface area contributed by atoms with E-state index in [-0.39, 0.29) is 31.0 Å². The molecule has 0 bridgehead atoms. The summed E-state index contributed by atoms with van der Waals surface area (Å²) in [6.07, 6.45) is 2.13. The number of rotatable bonds is 5. The molecule has 1 aliphatic rings. The second kappa shape index (κ2) is 6.04. The van der Waals surface area contributed by atoms with Crippen molar-refractivity contribution in [1.82, 2.24) is 20.2 Å². The van der Waals surface area contributed by atoms with Gasteiger partial charge in [0.05, 0.1) is 30.2 Å². The number of fused-ring (bicyclic) bond motifs is 1. The third kappa shape index (κ3) is 3.16. The highest BCUT2D eigenvalue weighted by molar-refractivity contribution is 5.83. The van der Waals surface area contributed by atoms with Crippen LogP contribution in [0.5, 0.6) is 0 Å². The third-order valence-corrected chi connectivity index (χ3v) is 3.50. The molecule has 1 amide bonds. The first-order valence-electron chi connectivity index (χ1n) is 6.75. The molecular formula is C13H20N4O3. The Balaban J connectivity index is 2.03. The second-order valence-corrected chi connectivity index (χ2v) is 5.23. The fourth-order valence-corrected chi connectivity index (χ4v) is 2.38. The van der Waals surface area contributed by atoms with E-state index < -0.39 is 5.97 Å². The Bertz CT molecular complexity index is 498. The molecular weight excluding hydrogens is 260 g/mol. The van der Waals surface area contributed by atoms with E-state index in [1.165, 1.54) is 0 Å². The fourth-order valence-electron chi connectivity index (χ4n) is 2.38. The van der Waals surface area contributed by atoms with Crippen LogP contribution < -0.4 is 5.32 Å². The van der Waals surface area contributed by atoms with Gasteiger partial charge in [-0.15, -0.1) is 0 Å². The number of amides is 1. The predicted octanol–water partition coefficient (Wildman–Crippen LogP) is 0.136. The van der Waals surface area contributed by atoms with E-state index in [9.17, 15) is 9.59 Å². The largest absolute Gasteiger partial charge is 0.481 e. The van der Waals surface area contributed by atoms with E-state index in [4.69, 9.17) is 5.11 Å². The molecule has 2 rings (SSSR count). The highest BCUT2D eigenvalue weighted by atomic mass is 16.4. The fraction of sp³-hybridized carbons (Fsp3) is 0.615. The van der Waals surface area contributed by atoms with Crippen LogP contribution in [0.15, 0.2) is 6.33 Å². The van der Waals surface area contributed by atoms with Crippen molar-refractivity contribution >= 4 is 11.9 Å². The maximum Gasteiger partial charge on any atom is 0.305 e. The van der Waals surface area contributed by atoms with Gasteiger partial charge in [-0.2, -0.15) is 0 Å². The van der Waals surface area contributed by atoms with Crippen LogP contribution >= 0.6 is 0 Å². The number of carbonyl (C=O) groups is 2. The summed E-state index contributed by atoms with van der Waals surface area (Å²) in [6, 6.07) is -0.355. The lowest BCUT2D eigenvalue weighted by molar-refractivity contribution is -0.140. The summed E-state index contributed by atoms with van der Waals surface area (Å²) < 4.78 is 0. The zero-order valence-corrected chi connectivity index (χ0v) is 11.7. The Kier molecular flexibility index (Phi) is 4.39. The van der Waals surface area contributed by atoms with Crippen LogP contribution in [0.4, 0.5) is 0 Å². The summed E-state index contributed by atoms with van der Waals surface area (Å²) in [5, 5.41) is 11.9. The minimum atomic E-state index is -0.894. The van der Waals surface area contributed by atoms with E-state index >= 15 is 0 Å². The summed E-state index contributed by atoms with van der Waals surface area (Å²) in [6.45, 7) is 4.60. The molecule has 0 radical (unpaired) electrons. The molecule has 20 heavy (non-hydrogen) atoms. The summed E-state index contributed by atoms with van der Waals surface area (Å²) >= 11 is 0. The highest BCUT2D eigenvalue weighted by Crippen LogP contribution is 2.15. The Morgan fingerprint density at radius 3 is 2.95 bits per heavy atom. The van der Waals surface area contributed by atoms with Crippen LogP contribution in [0.3, 0.4) is 0 Å². The Morgan fingerprint density at radius 2 is 2.30 bits per heavy atom. The average Bonchev–Trinajstić information content (AvgIpc) is 2.84. The molecule has 110 valence electrons. The number of H-pyrrole nitrogens is 1. The molecule has 7 heteroatoms. The SMILES string of the molecule is CC(C)N(CCC(=O)O)C(=O)C1Cc2nc[nH]c2CN1. The number of hydrogen-bond donors (Lipinski definition) is 3. The number of carbonyl (C=O) groups excluding carboxylic acids is 1. The van der Waals surface area contributed by atoms with Crippen LogP contribution in [0.25, 0.3) is 0 Å². The molecule has 0 saturated heterocycles. The van der Waals surface area contributed by atoms with Crippen molar-refractivity contribution in [3.8, 4) is 0 Å². The van der Waals surface area contributed by atoms with Crippen molar-refractivity contribution in [3.63, 3.8) is 0 Å². The predicted molar refractivity (Wildman–Crippen MR) is 72.0 cm³/mol. The standard InChI is InChI=1S/C13H20N4O3/c1-8(2)17(4-3-12(18)19)13(20)10-5-9-11(6-14-10)16-7-15-9/h7-8,10,14H,3-6H2,1-2H3,(H,15,16)(H,18,19). The highest BCUT2D eigenvalue weighted by Gasteiger charge is 2.30. The maximum atomic E-state index is 12.5. The van der Waals surface area contributed by atoms with Gasteiger partial charge in [0.15, 0.2) is 0 Å². The van der Waals surface area contributed by atoms with Gasteiger partial charge in [0.1, 0.15) is 0 Å². The van der Waals surface area contributed by atoms with Crippen LogP contribution in [0, 0.1) is 0 Å². The van der Waals surface area contributed by atoms with Crippen molar-refractivity contribution in [2.45, 2.75) is 45.3 Å². The van der Waals surface area contributed by atoms with E-state index in [2.05, 4.69) is 15.3 Å². The van der Waals surface area contributed by atoms with Gasteiger partial charge in [-0.3, -0.25) is 14.9 Å². The van der Waals surface area contributed by atoms with Crippen LogP contribution in [-0.2, 0) is 22.6 Å². The summed E-state index contributed by atoms with van der Waals surface area (Å²) in [5.41, 5.74) is 1.92. The monoisotopic (exact) mass is 280 g/mol. The molecule has 0 fully saturated rings. The quantitative estimate of drug-likeness (QED) is 0.712. The first-order valence-corrected chi connectivity index (χ1v) is 6.75. The normalized spacial score (nSPS) is 17.9. The van der Waals surface area contributed by atoms with Crippen molar-refractivity contribution in [1.29, 1.82) is 0 Å².